The Labute approximate surface area is 151 Å². The van der Waals surface area contributed by atoms with Crippen LogP contribution in [0.5, 0.6) is 5.75 Å². The first-order valence-electron chi connectivity index (χ1n) is 7.97. The van der Waals surface area contributed by atoms with Gasteiger partial charge in [-0.2, -0.15) is 0 Å². The number of hydrogen-bond acceptors (Lipinski definition) is 5. The number of amides is 3. The summed E-state index contributed by atoms with van der Waals surface area (Å²) in [6.07, 6.45) is -0.0303. The predicted octanol–water partition coefficient (Wildman–Crippen LogP) is 1.81. The van der Waals surface area contributed by atoms with Crippen LogP contribution < -0.4 is 15.4 Å². The van der Waals surface area contributed by atoms with Gasteiger partial charge in [0.1, 0.15) is 5.75 Å². The average Bonchev–Trinajstić information content (AvgIpc) is 2.66. The molecule has 0 aliphatic rings. The molecule has 0 spiro atoms. The molecule has 7 heteroatoms. The molecule has 3 amide bonds. The minimum atomic E-state index is -0.705. The molecule has 0 aliphatic heterocycles. The molecule has 2 aromatic rings. The lowest BCUT2D eigenvalue weighted by Crippen LogP contribution is -2.41. The normalized spacial score (nSPS) is 9.88. The SMILES string of the molecule is COc1ccccc1CC(=O)OCC(=O)NC(=O)NCc1ccccc1. The van der Waals surface area contributed by atoms with Crippen LogP contribution in [-0.4, -0.2) is 31.6 Å². The maximum absolute atomic E-state index is 11.8. The van der Waals surface area contributed by atoms with Crippen LogP contribution in [0.15, 0.2) is 54.6 Å². The van der Waals surface area contributed by atoms with Crippen molar-refractivity contribution >= 4 is 17.9 Å². The van der Waals surface area contributed by atoms with Crippen molar-refractivity contribution in [2.24, 2.45) is 0 Å². The highest BCUT2D eigenvalue weighted by atomic mass is 16.5. The first-order chi connectivity index (χ1) is 12.6. The van der Waals surface area contributed by atoms with E-state index in [1.54, 1.807) is 24.3 Å². The molecule has 0 atom stereocenters. The molecule has 0 bridgehead atoms. The van der Waals surface area contributed by atoms with Crippen LogP contribution >= 0.6 is 0 Å². The summed E-state index contributed by atoms with van der Waals surface area (Å²) in [6.45, 7) is -0.250. The highest BCUT2D eigenvalue weighted by Crippen LogP contribution is 2.17. The number of para-hydroxylation sites is 1. The smallest absolute Gasteiger partial charge is 0.321 e. The zero-order valence-electron chi connectivity index (χ0n) is 14.4. The summed E-state index contributed by atoms with van der Waals surface area (Å²) in [5.41, 5.74) is 1.55. The van der Waals surface area contributed by atoms with Crippen molar-refractivity contribution in [3.63, 3.8) is 0 Å². The molecule has 0 saturated carbocycles. The number of benzene rings is 2. The van der Waals surface area contributed by atoms with E-state index in [0.29, 0.717) is 11.3 Å². The molecule has 0 radical (unpaired) electrons. The highest BCUT2D eigenvalue weighted by Gasteiger charge is 2.13. The molecule has 0 fully saturated rings. The third-order valence-corrected chi connectivity index (χ3v) is 3.44. The predicted molar refractivity (Wildman–Crippen MR) is 94.5 cm³/mol. The van der Waals surface area contributed by atoms with E-state index in [2.05, 4.69) is 10.6 Å². The standard InChI is InChI=1S/C19H20N2O5/c1-25-16-10-6-5-9-15(16)11-18(23)26-13-17(22)21-19(24)20-12-14-7-3-2-4-8-14/h2-10H,11-13H2,1H3,(H2,20,21,22,24). The van der Waals surface area contributed by atoms with Crippen molar-refractivity contribution < 1.29 is 23.9 Å². The van der Waals surface area contributed by atoms with E-state index < -0.39 is 24.5 Å². The minimum Gasteiger partial charge on any atom is -0.496 e. The van der Waals surface area contributed by atoms with Gasteiger partial charge in [-0.05, 0) is 11.6 Å². The summed E-state index contributed by atoms with van der Waals surface area (Å²) in [6, 6.07) is 15.6. The number of carbonyl (C=O) groups excluding carboxylic acids is 3. The zero-order valence-corrected chi connectivity index (χ0v) is 14.4. The van der Waals surface area contributed by atoms with Crippen LogP contribution in [0.25, 0.3) is 0 Å². The van der Waals surface area contributed by atoms with E-state index in [-0.39, 0.29) is 13.0 Å². The van der Waals surface area contributed by atoms with Crippen molar-refractivity contribution in [3.8, 4) is 5.75 Å². The van der Waals surface area contributed by atoms with Gasteiger partial charge in [0.05, 0.1) is 13.5 Å². The van der Waals surface area contributed by atoms with E-state index in [1.807, 2.05) is 30.3 Å². The van der Waals surface area contributed by atoms with Crippen molar-refractivity contribution in [1.29, 1.82) is 0 Å². The number of hydrogen-bond donors (Lipinski definition) is 2. The molecule has 0 heterocycles. The van der Waals surface area contributed by atoms with Crippen LogP contribution in [0.4, 0.5) is 4.79 Å². The van der Waals surface area contributed by atoms with Crippen molar-refractivity contribution in [2.45, 2.75) is 13.0 Å². The van der Waals surface area contributed by atoms with Crippen molar-refractivity contribution in [1.82, 2.24) is 10.6 Å². The third-order valence-electron chi connectivity index (χ3n) is 3.44. The summed E-state index contributed by atoms with van der Waals surface area (Å²) in [7, 11) is 1.51. The van der Waals surface area contributed by atoms with Gasteiger partial charge in [-0.25, -0.2) is 4.79 Å². The molecular weight excluding hydrogens is 336 g/mol. The molecular formula is C19H20N2O5. The molecule has 0 aromatic heterocycles. The number of esters is 1. The van der Waals surface area contributed by atoms with Crippen molar-refractivity contribution in [3.05, 3.63) is 65.7 Å². The summed E-state index contributed by atoms with van der Waals surface area (Å²) in [4.78, 5) is 35.1. The van der Waals surface area contributed by atoms with Crippen LogP contribution in [0, 0.1) is 0 Å². The Hall–Kier alpha value is -3.35. The van der Waals surface area contributed by atoms with Gasteiger partial charge in [-0.1, -0.05) is 48.5 Å². The number of methoxy groups -OCH3 is 1. The molecule has 0 unspecified atom stereocenters. The Balaban J connectivity index is 1.70. The van der Waals surface area contributed by atoms with Gasteiger partial charge >= 0.3 is 12.0 Å². The van der Waals surface area contributed by atoms with Gasteiger partial charge in [-0.15, -0.1) is 0 Å². The fraction of sp³-hybridized carbons (Fsp3) is 0.211. The first-order valence-corrected chi connectivity index (χ1v) is 7.97. The molecule has 7 nitrogen and oxygen atoms in total. The molecule has 2 N–H and O–H groups in total. The first kappa shape index (κ1) is 19.0. The average molecular weight is 356 g/mol. The summed E-state index contributed by atoms with van der Waals surface area (Å²) < 4.78 is 10.0. The lowest BCUT2D eigenvalue weighted by atomic mass is 10.1. The van der Waals surface area contributed by atoms with Crippen LogP contribution in [0.3, 0.4) is 0 Å². The van der Waals surface area contributed by atoms with Crippen LogP contribution in [-0.2, 0) is 27.3 Å². The zero-order chi connectivity index (χ0) is 18.8. The molecule has 26 heavy (non-hydrogen) atoms. The number of ether oxygens (including phenoxy) is 2. The van der Waals surface area contributed by atoms with Gasteiger partial charge in [0.15, 0.2) is 6.61 Å². The van der Waals surface area contributed by atoms with E-state index in [0.717, 1.165) is 5.56 Å². The van der Waals surface area contributed by atoms with E-state index >= 15 is 0 Å². The molecule has 0 saturated heterocycles. The fourth-order valence-electron chi connectivity index (χ4n) is 2.19. The fourth-order valence-corrected chi connectivity index (χ4v) is 2.19. The third kappa shape index (κ3) is 6.27. The monoisotopic (exact) mass is 356 g/mol. The maximum Gasteiger partial charge on any atom is 0.321 e. The lowest BCUT2D eigenvalue weighted by Gasteiger charge is -2.09. The Kier molecular flexibility index (Phi) is 7.17. The number of imide groups is 1. The lowest BCUT2D eigenvalue weighted by molar-refractivity contribution is -0.147. The number of carbonyl (C=O) groups is 3. The number of nitrogens with one attached hydrogen (secondary N) is 2. The summed E-state index contributed by atoms with van der Waals surface area (Å²) in [5.74, 6) is -0.729. The van der Waals surface area contributed by atoms with E-state index in [4.69, 9.17) is 9.47 Å². The maximum atomic E-state index is 11.8. The van der Waals surface area contributed by atoms with Gasteiger partial charge in [0, 0.05) is 12.1 Å². The molecule has 2 rings (SSSR count). The van der Waals surface area contributed by atoms with Gasteiger partial charge < -0.3 is 14.8 Å². The summed E-state index contributed by atoms with van der Waals surface area (Å²) in [5, 5.41) is 4.65. The second kappa shape index (κ2) is 9.83. The Morgan fingerprint density at radius 1 is 0.962 bits per heavy atom. The number of urea groups is 1. The second-order valence-corrected chi connectivity index (χ2v) is 5.37. The number of rotatable bonds is 7. The largest absolute Gasteiger partial charge is 0.496 e. The van der Waals surface area contributed by atoms with Crippen molar-refractivity contribution in [2.75, 3.05) is 13.7 Å². The van der Waals surface area contributed by atoms with Gasteiger partial charge in [-0.3, -0.25) is 14.9 Å². The molecule has 2 aromatic carbocycles. The quantitative estimate of drug-likeness (QED) is 0.738. The van der Waals surface area contributed by atoms with E-state index in [1.165, 1.54) is 7.11 Å². The van der Waals surface area contributed by atoms with E-state index in [9.17, 15) is 14.4 Å². The topological polar surface area (TPSA) is 93.7 Å². The Morgan fingerprint density at radius 2 is 1.65 bits per heavy atom. The van der Waals surface area contributed by atoms with Crippen LogP contribution in [0.2, 0.25) is 0 Å². The summed E-state index contributed by atoms with van der Waals surface area (Å²) >= 11 is 0. The Morgan fingerprint density at radius 3 is 2.38 bits per heavy atom. The van der Waals surface area contributed by atoms with Gasteiger partial charge in [0.2, 0.25) is 0 Å². The minimum absolute atomic E-state index is 0.0303. The Bertz CT molecular complexity index is 762. The van der Waals surface area contributed by atoms with Crippen LogP contribution in [0.1, 0.15) is 11.1 Å². The molecule has 136 valence electrons. The highest BCUT2D eigenvalue weighted by molar-refractivity contribution is 5.95. The second-order valence-electron chi connectivity index (χ2n) is 5.37. The van der Waals surface area contributed by atoms with Gasteiger partial charge in [0.25, 0.3) is 5.91 Å². The molecule has 0 aliphatic carbocycles.